The molecule has 2 amide bonds. The number of aromatic amines is 1. The Labute approximate surface area is 112 Å². The zero-order valence-electron chi connectivity index (χ0n) is 8.16. The molecule has 0 spiro atoms. The standard InChI is InChI=1S/C9H9N4O.Y/c1-10-9(14)13-8-11-6-4-2-3-5-7(6)12-8;/h2,4-5H,1H3,(H3,10,11,12,13,14);/q-1;. The van der Waals surface area contributed by atoms with Crippen molar-refractivity contribution in [3.63, 3.8) is 0 Å². The molecule has 0 unspecified atom stereocenters. The summed E-state index contributed by atoms with van der Waals surface area (Å²) in [6.07, 6.45) is 0. The van der Waals surface area contributed by atoms with Crippen LogP contribution in [-0.2, 0) is 32.7 Å². The molecule has 0 aliphatic rings. The SMILES string of the molecule is CNC(=O)Nc1nc2c[c-]ccc2[nH]1.[Y]. The van der Waals surface area contributed by atoms with Crippen LogP contribution in [0.15, 0.2) is 18.2 Å². The number of urea groups is 1. The van der Waals surface area contributed by atoms with Crippen molar-refractivity contribution in [1.29, 1.82) is 0 Å². The predicted molar refractivity (Wildman–Crippen MR) is 53.0 cm³/mol. The minimum Gasteiger partial charge on any atom is -0.348 e. The van der Waals surface area contributed by atoms with Gasteiger partial charge in [-0.05, 0) is 11.0 Å². The summed E-state index contributed by atoms with van der Waals surface area (Å²) in [7, 11) is 1.55. The van der Waals surface area contributed by atoms with E-state index in [-0.39, 0.29) is 38.7 Å². The van der Waals surface area contributed by atoms with E-state index >= 15 is 0 Å². The van der Waals surface area contributed by atoms with E-state index in [9.17, 15) is 4.79 Å². The summed E-state index contributed by atoms with van der Waals surface area (Å²) in [6, 6.07) is 7.98. The second kappa shape index (κ2) is 5.23. The van der Waals surface area contributed by atoms with Crippen LogP contribution in [0.3, 0.4) is 0 Å². The van der Waals surface area contributed by atoms with Gasteiger partial charge < -0.3 is 10.3 Å². The quantitative estimate of drug-likeness (QED) is 0.684. The molecule has 0 aliphatic heterocycles. The average molecular weight is 278 g/mol. The molecule has 2 aromatic rings. The van der Waals surface area contributed by atoms with E-state index in [1.807, 2.05) is 6.07 Å². The normalized spacial score (nSPS) is 9.40. The molecule has 0 aliphatic carbocycles. The largest absolute Gasteiger partial charge is 0.348 e. The fraction of sp³-hybridized carbons (Fsp3) is 0.111. The first kappa shape index (κ1) is 12.1. The Morgan fingerprint density at radius 3 is 3.07 bits per heavy atom. The summed E-state index contributed by atoms with van der Waals surface area (Å²) in [6.45, 7) is 0. The van der Waals surface area contributed by atoms with Crippen LogP contribution in [0, 0.1) is 6.07 Å². The molecule has 0 saturated carbocycles. The number of H-pyrrole nitrogens is 1. The molecule has 0 bridgehead atoms. The van der Waals surface area contributed by atoms with Gasteiger partial charge in [0.2, 0.25) is 0 Å². The maximum absolute atomic E-state index is 11.0. The van der Waals surface area contributed by atoms with Crippen LogP contribution in [0.25, 0.3) is 11.0 Å². The van der Waals surface area contributed by atoms with Crippen LogP contribution in [0.1, 0.15) is 0 Å². The van der Waals surface area contributed by atoms with Gasteiger partial charge in [0.1, 0.15) is 0 Å². The fourth-order valence-corrected chi connectivity index (χ4v) is 1.13. The number of amides is 2. The van der Waals surface area contributed by atoms with Crippen molar-refractivity contribution in [3.8, 4) is 0 Å². The molecule has 0 atom stereocenters. The van der Waals surface area contributed by atoms with Gasteiger partial charge in [-0.2, -0.15) is 12.1 Å². The number of benzene rings is 1. The molecule has 6 heteroatoms. The van der Waals surface area contributed by atoms with Crippen molar-refractivity contribution in [2.75, 3.05) is 12.4 Å². The van der Waals surface area contributed by atoms with Crippen molar-refractivity contribution in [1.82, 2.24) is 15.3 Å². The van der Waals surface area contributed by atoms with Crippen molar-refractivity contribution in [2.45, 2.75) is 0 Å². The van der Waals surface area contributed by atoms with Crippen molar-refractivity contribution >= 4 is 23.0 Å². The van der Waals surface area contributed by atoms with Crippen molar-refractivity contribution in [2.24, 2.45) is 0 Å². The number of fused-ring (bicyclic) bond motifs is 1. The number of nitrogens with one attached hydrogen (secondary N) is 3. The van der Waals surface area contributed by atoms with Gasteiger partial charge in [0, 0.05) is 39.8 Å². The van der Waals surface area contributed by atoms with Crippen LogP contribution in [0.5, 0.6) is 0 Å². The third kappa shape index (κ3) is 2.76. The van der Waals surface area contributed by atoms with E-state index in [2.05, 4.69) is 26.7 Å². The Morgan fingerprint density at radius 1 is 1.60 bits per heavy atom. The Morgan fingerprint density at radius 2 is 2.40 bits per heavy atom. The van der Waals surface area contributed by atoms with Crippen LogP contribution >= 0.6 is 0 Å². The molecule has 5 nitrogen and oxygen atoms in total. The van der Waals surface area contributed by atoms with Gasteiger partial charge in [0.05, 0.1) is 0 Å². The second-order valence-electron chi connectivity index (χ2n) is 2.73. The number of hydrogen-bond donors (Lipinski definition) is 3. The van der Waals surface area contributed by atoms with Crippen LogP contribution in [-0.4, -0.2) is 23.0 Å². The molecule has 2 rings (SSSR count). The van der Waals surface area contributed by atoms with Gasteiger partial charge >= 0.3 is 6.03 Å². The summed E-state index contributed by atoms with van der Waals surface area (Å²) in [5.74, 6) is 0.430. The third-order valence-electron chi connectivity index (χ3n) is 1.79. The third-order valence-corrected chi connectivity index (χ3v) is 1.79. The maximum Gasteiger partial charge on any atom is 0.321 e. The summed E-state index contributed by atoms with van der Waals surface area (Å²) in [4.78, 5) is 18.1. The van der Waals surface area contributed by atoms with Crippen LogP contribution in [0.2, 0.25) is 0 Å². The molecule has 1 heterocycles. The smallest absolute Gasteiger partial charge is 0.321 e. The minimum absolute atomic E-state index is 0. The van der Waals surface area contributed by atoms with E-state index < -0.39 is 0 Å². The van der Waals surface area contributed by atoms with Crippen molar-refractivity contribution < 1.29 is 37.5 Å². The van der Waals surface area contributed by atoms with Gasteiger partial charge in [-0.3, -0.25) is 10.3 Å². The molecular weight excluding hydrogens is 269 g/mol. The summed E-state index contributed by atoms with van der Waals surface area (Å²) >= 11 is 0. The maximum atomic E-state index is 11.0. The molecular formula is C9H9N4OY-. The zero-order valence-corrected chi connectivity index (χ0v) is 11.0. The predicted octanol–water partition coefficient (Wildman–Crippen LogP) is 1.11. The van der Waals surface area contributed by atoms with Crippen molar-refractivity contribution in [3.05, 3.63) is 24.3 Å². The number of carbonyl (C=O) groups excluding carboxylic acids is 1. The van der Waals surface area contributed by atoms with Gasteiger partial charge in [-0.1, -0.05) is 0 Å². The molecule has 0 saturated heterocycles. The van der Waals surface area contributed by atoms with E-state index in [1.54, 1.807) is 19.2 Å². The van der Waals surface area contributed by atoms with E-state index in [0.29, 0.717) is 5.95 Å². The topological polar surface area (TPSA) is 69.8 Å². The summed E-state index contributed by atoms with van der Waals surface area (Å²) < 4.78 is 0. The Kier molecular flexibility index (Phi) is 4.23. The van der Waals surface area contributed by atoms with Gasteiger partial charge in [0.25, 0.3) is 0 Å². The Hall–Kier alpha value is -0.936. The number of nitrogens with zero attached hydrogens (tertiary/aromatic N) is 1. The molecule has 75 valence electrons. The molecule has 3 N–H and O–H groups in total. The molecule has 15 heavy (non-hydrogen) atoms. The minimum atomic E-state index is -0.298. The van der Waals surface area contributed by atoms with E-state index in [0.717, 1.165) is 11.0 Å². The summed E-state index contributed by atoms with van der Waals surface area (Å²) in [5, 5.41) is 4.99. The second-order valence-corrected chi connectivity index (χ2v) is 2.73. The van der Waals surface area contributed by atoms with Gasteiger partial charge in [0.15, 0.2) is 5.95 Å². The molecule has 1 radical (unpaired) electrons. The molecule has 0 fully saturated rings. The average Bonchev–Trinajstić information content (AvgIpc) is 2.59. The number of carbonyl (C=O) groups is 1. The molecule has 1 aromatic carbocycles. The first-order valence-corrected chi connectivity index (χ1v) is 4.14. The number of hydrogen-bond acceptors (Lipinski definition) is 2. The van der Waals surface area contributed by atoms with Crippen LogP contribution < -0.4 is 10.6 Å². The summed E-state index contributed by atoms with van der Waals surface area (Å²) in [5.41, 5.74) is 1.65. The van der Waals surface area contributed by atoms with Gasteiger partial charge in [-0.25, -0.2) is 4.79 Å². The monoisotopic (exact) mass is 278 g/mol. The number of imidazole rings is 1. The number of anilines is 1. The Balaban J connectivity index is 0.00000112. The number of aromatic nitrogens is 2. The van der Waals surface area contributed by atoms with Gasteiger partial charge in [-0.15, -0.1) is 12.1 Å². The van der Waals surface area contributed by atoms with Crippen LogP contribution in [0.4, 0.5) is 10.7 Å². The fourth-order valence-electron chi connectivity index (χ4n) is 1.13. The Bertz CT molecular complexity index is 435. The number of rotatable bonds is 1. The zero-order chi connectivity index (χ0) is 9.97. The molecule has 1 aromatic heterocycles. The van der Waals surface area contributed by atoms with E-state index in [4.69, 9.17) is 0 Å². The first-order chi connectivity index (χ1) is 6.79. The first-order valence-electron chi connectivity index (χ1n) is 4.14. The van der Waals surface area contributed by atoms with E-state index in [1.165, 1.54) is 0 Å².